The zero-order valence-corrected chi connectivity index (χ0v) is 16.2. The number of aliphatic hydroxyl groups excluding tert-OH is 4. The van der Waals surface area contributed by atoms with Crippen molar-refractivity contribution in [1.82, 2.24) is 0 Å². The van der Waals surface area contributed by atoms with Crippen LogP contribution in [0.1, 0.15) is 28.4 Å². The van der Waals surface area contributed by atoms with Gasteiger partial charge in [0.15, 0.2) is 0 Å². The molecule has 2 aliphatic rings. The number of hydrogen-bond donors (Lipinski definition) is 4. The molecule has 0 saturated carbocycles. The fourth-order valence-corrected chi connectivity index (χ4v) is 4.20. The van der Waals surface area contributed by atoms with Crippen LogP contribution in [0.4, 0.5) is 0 Å². The van der Waals surface area contributed by atoms with E-state index < -0.39 is 37.1 Å². The lowest BCUT2D eigenvalue weighted by molar-refractivity contribution is -0.232. The van der Waals surface area contributed by atoms with Crippen LogP contribution in [-0.4, -0.2) is 58.6 Å². The smallest absolute Gasteiger partial charge is 0.124 e. The Kier molecular flexibility index (Phi) is 5.72. The fraction of sp³-hybridized carbons (Fsp3) is 0.391. The molecule has 1 saturated heterocycles. The highest BCUT2D eigenvalue weighted by molar-refractivity contribution is 5.64. The molecule has 0 amide bonds. The Bertz CT molecular complexity index is 906. The van der Waals surface area contributed by atoms with Gasteiger partial charge in [0.05, 0.1) is 13.7 Å². The molecule has 6 nitrogen and oxygen atoms in total. The van der Waals surface area contributed by atoms with Gasteiger partial charge < -0.3 is 29.9 Å². The van der Waals surface area contributed by atoms with Crippen LogP contribution in [0.3, 0.4) is 0 Å². The monoisotopic (exact) mass is 398 g/mol. The van der Waals surface area contributed by atoms with Crippen LogP contribution in [0.5, 0.6) is 5.75 Å². The second-order valence-electron chi connectivity index (χ2n) is 7.68. The van der Waals surface area contributed by atoms with Gasteiger partial charge in [0.1, 0.15) is 36.3 Å². The summed E-state index contributed by atoms with van der Waals surface area (Å²) in [5.74, 6) is 0.516. The summed E-state index contributed by atoms with van der Waals surface area (Å²) in [5.41, 5.74) is 5.45. The molecule has 0 unspecified atom stereocenters. The van der Waals surface area contributed by atoms with Gasteiger partial charge in [-0.1, -0.05) is 42.0 Å². The van der Waals surface area contributed by atoms with Crippen LogP contribution in [0.2, 0.25) is 0 Å². The van der Waals surface area contributed by atoms with Crippen molar-refractivity contribution < 1.29 is 29.9 Å². The molecule has 29 heavy (non-hydrogen) atoms. The molecule has 1 fully saturated rings. The Hall–Kier alpha value is -2.22. The molecule has 0 aromatic heterocycles. The topological polar surface area (TPSA) is 99.4 Å². The van der Waals surface area contributed by atoms with Gasteiger partial charge in [0, 0.05) is 5.56 Å². The Morgan fingerprint density at radius 3 is 2.55 bits per heavy atom. The van der Waals surface area contributed by atoms with E-state index in [1.165, 1.54) is 23.8 Å². The van der Waals surface area contributed by atoms with Crippen molar-refractivity contribution >= 4 is 6.08 Å². The lowest BCUT2D eigenvalue weighted by Gasteiger charge is -2.40. The van der Waals surface area contributed by atoms with Crippen LogP contribution in [0, 0.1) is 0 Å². The van der Waals surface area contributed by atoms with Gasteiger partial charge in [-0.05, 0) is 41.7 Å². The predicted octanol–water partition coefficient (Wildman–Crippen LogP) is 1.39. The van der Waals surface area contributed by atoms with Crippen molar-refractivity contribution in [3.63, 3.8) is 0 Å². The highest BCUT2D eigenvalue weighted by Gasteiger charge is 2.44. The molecule has 0 bridgehead atoms. The number of fused-ring (bicyclic) bond motifs is 1. The number of ether oxygens (including phenoxy) is 2. The molecule has 5 atom stereocenters. The van der Waals surface area contributed by atoms with E-state index >= 15 is 0 Å². The van der Waals surface area contributed by atoms with Crippen molar-refractivity contribution in [1.29, 1.82) is 0 Å². The molecule has 1 heterocycles. The van der Waals surface area contributed by atoms with Crippen LogP contribution >= 0.6 is 0 Å². The summed E-state index contributed by atoms with van der Waals surface area (Å²) < 4.78 is 11.2. The zero-order valence-electron chi connectivity index (χ0n) is 16.2. The van der Waals surface area contributed by atoms with Crippen molar-refractivity contribution in [3.8, 4) is 5.75 Å². The molecule has 1 aliphatic carbocycles. The third-order valence-electron chi connectivity index (χ3n) is 5.76. The zero-order chi connectivity index (χ0) is 20.5. The first-order valence-corrected chi connectivity index (χ1v) is 9.76. The first kappa shape index (κ1) is 20.1. The van der Waals surface area contributed by atoms with Crippen LogP contribution in [0.25, 0.3) is 6.08 Å². The summed E-state index contributed by atoms with van der Waals surface area (Å²) in [6.45, 7) is -0.464. The molecule has 6 heteroatoms. The second kappa shape index (κ2) is 8.26. The number of allylic oxidation sites excluding steroid dienone is 1. The average molecular weight is 398 g/mol. The van der Waals surface area contributed by atoms with E-state index in [1.807, 2.05) is 30.3 Å². The van der Waals surface area contributed by atoms with Crippen molar-refractivity contribution in [3.05, 3.63) is 70.3 Å². The molecule has 4 N–H and O–H groups in total. The standard InChI is InChI=1S/C23H26O6/c1-28-18-7-6-13(8-14-9-15-4-2-3-5-16(15)10-14)11-17(18)23-22(27)21(26)20(25)19(12-24)29-23/h2-7,9,11,19-27H,8,10,12H2,1H3/t19-,20-,21+,22-,23+/m1/s1. The molecule has 0 radical (unpaired) electrons. The maximum Gasteiger partial charge on any atom is 0.124 e. The average Bonchev–Trinajstić information content (AvgIpc) is 3.14. The molecular weight excluding hydrogens is 372 g/mol. The van der Waals surface area contributed by atoms with Gasteiger partial charge in [-0.25, -0.2) is 0 Å². The number of aliphatic hydroxyl groups is 4. The Morgan fingerprint density at radius 2 is 1.83 bits per heavy atom. The van der Waals surface area contributed by atoms with Gasteiger partial charge in [0.25, 0.3) is 0 Å². The molecule has 2 aromatic rings. The fourth-order valence-electron chi connectivity index (χ4n) is 4.20. The predicted molar refractivity (Wildman–Crippen MR) is 108 cm³/mol. The SMILES string of the molecule is COc1ccc(CC2=Cc3ccccc3C2)cc1[C@@H]1O[C@H](CO)[C@@H](O)[C@H](O)[C@H]1O. The number of methoxy groups -OCH3 is 1. The minimum atomic E-state index is -1.42. The molecule has 1 aliphatic heterocycles. The van der Waals surface area contributed by atoms with E-state index in [1.54, 1.807) is 0 Å². The number of benzene rings is 2. The van der Waals surface area contributed by atoms with Gasteiger partial charge in [-0.15, -0.1) is 0 Å². The Morgan fingerprint density at radius 1 is 1.03 bits per heavy atom. The quantitative estimate of drug-likeness (QED) is 0.608. The van der Waals surface area contributed by atoms with Gasteiger partial charge >= 0.3 is 0 Å². The van der Waals surface area contributed by atoms with E-state index in [2.05, 4.69) is 18.2 Å². The van der Waals surface area contributed by atoms with E-state index in [-0.39, 0.29) is 0 Å². The summed E-state index contributed by atoms with van der Waals surface area (Å²) >= 11 is 0. The highest BCUT2D eigenvalue weighted by Crippen LogP contribution is 2.38. The van der Waals surface area contributed by atoms with Crippen LogP contribution in [0.15, 0.2) is 48.0 Å². The third kappa shape index (κ3) is 3.82. The van der Waals surface area contributed by atoms with Gasteiger partial charge in [-0.3, -0.25) is 0 Å². The Labute approximate surface area is 169 Å². The normalized spacial score (nSPS) is 28.7. The highest BCUT2D eigenvalue weighted by atomic mass is 16.5. The van der Waals surface area contributed by atoms with Crippen molar-refractivity contribution in [2.24, 2.45) is 0 Å². The van der Waals surface area contributed by atoms with E-state index in [0.717, 1.165) is 18.4 Å². The van der Waals surface area contributed by atoms with Gasteiger partial charge in [0.2, 0.25) is 0 Å². The molecular formula is C23H26O6. The van der Waals surface area contributed by atoms with E-state index in [0.29, 0.717) is 11.3 Å². The van der Waals surface area contributed by atoms with E-state index in [9.17, 15) is 20.4 Å². The molecule has 0 spiro atoms. The van der Waals surface area contributed by atoms with Crippen molar-refractivity contribution in [2.45, 2.75) is 43.4 Å². The maximum absolute atomic E-state index is 10.5. The molecule has 154 valence electrons. The number of rotatable bonds is 5. The molecule has 4 rings (SSSR count). The molecule has 2 aromatic carbocycles. The first-order chi connectivity index (χ1) is 14.0. The van der Waals surface area contributed by atoms with Crippen LogP contribution in [-0.2, 0) is 17.6 Å². The lowest BCUT2D eigenvalue weighted by atomic mass is 9.89. The summed E-state index contributed by atoms with van der Waals surface area (Å²) in [4.78, 5) is 0. The van der Waals surface area contributed by atoms with Crippen LogP contribution < -0.4 is 4.74 Å². The second-order valence-corrected chi connectivity index (χ2v) is 7.68. The minimum absolute atomic E-state index is 0.464. The van der Waals surface area contributed by atoms with E-state index in [4.69, 9.17) is 9.47 Å². The lowest BCUT2D eigenvalue weighted by Crippen LogP contribution is -2.55. The first-order valence-electron chi connectivity index (χ1n) is 9.76. The summed E-state index contributed by atoms with van der Waals surface area (Å²) in [5, 5.41) is 40.2. The van der Waals surface area contributed by atoms with Crippen molar-refractivity contribution in [2.75, 3.05) is 13.7 Å². The third-order valence-corrected chi connectivity index (χ3v) is 5.76. The summed E-state index contributed by atoms with van der Waals surface area (Å²) in [6.07, 6.45) is -2.19. The summed E-state index contributed by atoms with van der Waals surface area (Å²) in [6, 6.07) is 14.0. The minimum Gasteiger partial charge on any atom is -0.496 e. The summed E-state index contributed by atoms with van der Waals surface area (Å²) in [7, 11) is 1.53. The number of hydrogen-bond acceptors (Lipinski definition) is 6. The largest absolute Gasteiger partial charge is 0.496 e. The van der Waals surface area contributed by atoms with Gasteiger partial charge in [-0.2, -0.15) is 0 Å². The maximum atomic E-state index is 10.5. The Balaban J connectivity index is 1.61.